The third kappa shape index (κ3) is 2.79. The number of benzene rings is 2. The van der Waals surface area contributed by atoms with Gasteiger partial charge in [-0.2, -0.15) is 0 Å². The molecule has 0 radical (unpaired) electrons. The molecule has 0 bridgehead atoms. The van der Waals surface area contributed by atoms with Crippen molar-refractivity contribution >= 4 is 11.7 Å². The van der Waals surface area contributed by atoms with Crippen molar-refractivity contribution in [1.29, 1.82) is 0 Å². The maximum absolute atomic E-state index is 10.8. The smallest absolute Gasteiger partial charge is 0.335 e. The van der Waals surface area contributed by atoms with Gasteiger partial charge in [0.05, 0.1) is 5.56 Å². The van der Waals surface area contributed by atoms with Crippen molar-refractivity contribution in [2.24, 2.45) is 0 Å². The second-order valence-corrected chi connectivity index (χ2v) is 3.87. The Labute approximate surface area is 105 Å². The molecule has 0 amide bonds. The second kappa shape index (κ2) is 5.23. The molecule has 92 valence electrons. The number of carboxylic acid groups (broad SMARTS) is 1. The Kier molecular flexibility index (Phi) is 3.48. The van der Waals surface area contributed by atoms with E-state index in [1.807, 2.05) is 30.3 Å². The molecule has 0 saturated heterocycles. The van der Waals surface area contributed by atoms with Crippen LogP contribution in [-0.2, 0) is 6.54 Å². The Bertz CT molecular complexity index is 552. The SMILES string of the molecule is O=C(O)c1ccc(O)c(CNc2ccccc2)c1. The van der Waals surface area contributed by atoms with Gasteiger partial charge in [0.25, 0.3) is 0 Å². The molecule has 0 unspecified atom stereocenters. The van der Waals surface area contributed by atoms with E-state index in [1.54, 1.807) is 0 Å². The van der Waals surface area contributed by atoms with Gasteiger partial charge in [-0.1, -0.05) is 18.2 Å². The third-order valence-corrected chi connectivity index (χ3v) is 2.58. The summed E-state index contributed by atoms with van der Waals surface area (Å²) in [6.45, 7) is 0.372. The van der Waals surface area contributed by atoms with Crippen LogP contribution in [0.2, 0.25) is 0 Å². The molecule has 0 aliphatic carbocycles. The maximum Gasteiger partial charge on any atom is 0.335 e. The Morgan fingerprint density at radius 3 is 2.50 bits per heavy atom. The number of phenols is 1. The first-order chi connectivity index (χ1) is 8.66. The van der Waals surface area contributed by atoms with Crippen LogP contribution < -0.4 is 5.32 Å². The second-order valence-electron chi connectivity index (χ2n) is 3.87. The van der Waals surface area contributed by atoms with Gasteiger partial charge >= 0.3 is 5.97 Å². The lowest BCUT2D eigenvalue weighted by Gasteiger charge is -2.08. The highest BCUT2D eigenvalue weighted by molar-refractivity contribution is 5.88. The van der Waals surface area contributed by atoms with Crippen LogP contribution in [0.25, 0.3) is 0 Å². The fourth-order valence-corrected chi connectivity index (χ4v) is 1.61. The predicted molar refractivity (Wildman–Crippen MR) is 68.8 cm³/mol. The van der Waals surface area contributed by atoms with Gasteiger partial charge in [-0.3, -0.25) is 0 Å². The minimum atomic E-state index is -1.00. The molecule has 18 heavy (non-hydrogen) atoms. The van der Waals surface area contributed by atoms with E-state index >= 15 is 0 Å². The Morgan fingerprint density at radius 2 is 1.83 bits per heavy atom. The summed E-state index contributed by atoms with van der Waals surface area (Å²) in [5, 5.41) is 21.7. The number of phenolic OH excluding ortho intramolecular Hbond substituents is 1. The number of carboxylic acids is 1. The summed E-state index contributed by atoms with van der Waals surface area (Å²) in [4.78, 5) is 10.8. The largest absolute Gasteiger partial charge is 0.508 e. The average Bonchev–Trinajstić information content (AvgIpc) is 2.38. The van der Waals surface area contributed by atoms with Crippen LogP contribution in [0.15, 0.2) is 48.5 Å². The van der Waals surface area contributed by atoms with Crippen LogP contribution >= 0.6 is 0 Å². The van der Waals surface area contributed by atoms with Gasteiger partial charge < -0.3 is 15.5 Å². The predicted octanol–water partition coefficient (Wildman–Crippen LogP) is 2.70. The van der Waals surface area contributed by atoms with Crippen molar-refractivity contribution in [2.45, 2.75) is 6.54 Å². The molecule has 0 saturated carbocycles. The van der Waals surface area contributed by atoms with Crippen LogP contribution in [0.1, 0.15) is 15.9 Å². The lowest BCUT2D eigenvalue weighted by atomic mass is 10.1. The first kappa shape index (κ1) is 12.0. The molecule has 0 aromatic heterocycles. The lowest BCUT2D eigenvalue weighted by Crippen LogP contribution is -2.02. The van der Waals surface area contributed by atoms with Crippen LogP contribution in [0.4, 0.5) is 5.69 Å². The van der Waals surface area contributed by atoms with Crippen molar-refractivity contribution in [3.63, 3.8) is 0 Å². The highest BCUT2D eigenvalue weighted by Gasteiger charge is 2.07. The summed E-state index contributed by atoms with van der Waals surface area (Å²) >= 11 is 0. The first-order valence-corrected chi connectivity index (χ1v) is 5.51. The molecule has 0 aliphatic heterocycles. The molecule has 4 nitrogen and oxygen atoms in total. The molecule has 2 aromatic rings. The zero-order valence-electron chi connectivity index (χ0n) is 9.63. The zero-order valence-corrected chi connectivity index (χ0v) is 9.63. The Balaban J connectivity index is 2.14. The molecule has 0 aliphatic rings. The number of nitrogens with one attached hydrogen (secondary N) is 1. The maximum atomic E-state index is 10.8. The van der Waals surface area contributed by atoms with Crippen molar-refractivity contribution in [3.8, 4) is 5.75 Å². The molecule has 3 N–H and O–H groups in total. The zero-order chi connectivity index (χ0) is 13.0. The highest BCUT2D eigenvalue weighted by atomic mass is 16.4. The van der Waals surface area contributed by atoms with Crippen LogP contribution in [-0.4, -0.2) is 16.2 Å². The van der Waals surface area contributed by atoms with E-state index in [0.717, 1.165) is 5.69 Å². The number of hydrogen-bond acceptors (Lipinski definition) is 3. The van der Waals surface area contributed by atoms with Crippen LogP contribution in [0, 0.1) is 0 Å². The normalized spacial score (nSPS) is 10.0. The Morgan fingerprint density at radius 1 is 1.11 bits per heavy atom. The van der Waals surface area contributed by atoms with E-state index in [1.165, 1.54) is 18.2 Å². The molecular weight excluding hydrogens is 230 g/mol. The van der Waals surface area contributed by atoms with E-state index in [0.29, 0.717) is 12.1 Å². The summed E-state index contributed by atoms with van der Waals surface area (Å²) < 4.78 is 0. The van der Waals surface area contributed by atoms with Crippen molar-refractivity contribution in [2.75, 3.05) is 5.32 Å². The standard InChI is InChI=1S/C14H13NO3/c16-13-7-6-10(14(17)18)8-11(13)9-15-12-4-2-1-3-5-12/h1-8,15-16H,9H2,(H,17,18). The van der Waals surface area contributed by atoms with Gasteiger partial charge in [-0.25, -0.2) is 4.79 Å². The van der Waals surface area contributed by atoms with Gasteiger partial charge in [-0.15, -0.1) is 0 Å². The van der Waals surface area contributed by atoms with Crippen molar-refractivity contribution < 1.29 is 15.0 Å². The molecule has 2 aromatic carbocycles. The first-order valence-electron chi connectivity index (χ1n) is 5.51. The van der Waals surface area contributed by atoms with E-state index < -0.39 is 5.97 Å². The summed E-state index contributed by atoms with van der Waals surface area (Å²) in [5.41, 5.74) is 1.63. The molecule has 0 spiro atoms. The topological polar surface area (TPSA) is 69.6 Å². The van der Waals surface area contributed by atoms with Crippen LogP contribution in [0.5, 0.6) is 5.75 Å². The van der Waals surface area contributed by atoms with Gasteiger partial charge in [0.1, 0.15) is 5.75 Å². The monoisotopic (exact) mass is 243 g/mol. The molecule has 0 atom stereocenters. The summed E-state index contributed by atoms with van der Waals surface area (Å²) in [6, 6.07) is 13.7. The van der Waals surface area contributed by atoms with E-state index in [4.69, 9.17) is 5.11 Å². The fraction of sp³-hybridized carbons (Fsp3) is 0.0714. The van der Waals surface area contributed by atoms with E-state index in [2.05, 4.69) is 5.32 Å². The average molecular weight is 243 g/mol. The molecular formula is C14H13NO3. The molecule has 4 heteroatoms. The number of aromatic hydroxyl groups is 1. The minimum Gasteiger partial charge on any atom is -0.508 e. The summed E-state index contributed by atoms with van der Waals surface area (Å²) in [6.07, 6.45) is 0. The van der Waals surface area contributed by atoms with E-state index in [-0.39, 0.29) is 11.3 Å². The summed E-state index contributed by atoms with van der Waals surface area (Å²) in [5.74, 6) is -0.917. The van der Waals surface area contributed by atoms with Gasteiger partial charge in [0.15, 0.2) is 0 Å². The van der Waals surface area contributed by atoms with Gasteiger partial charge in [0.2, 0.25) is 0 Å². The number of carbonyl (C=O) groups is 1. The minimum absolute atomic E-state index is 0.0865. The number of rotatable bonds is 4. The van der Waals surface area contributed by atoms with Gasteiger partial charge in [0, 0.05) is 17.8 Å². The lowest BCUT2D eigenvalue weighted by molar-refractivity contribution is 0.0697. The van der Waals surface area contributed by atoms with Gasteiger partial charge in [-0.05, 0) is 30.3 Å². The molecule has 0 heterocycles. The van der Waals surface area contributed by atoms with Crippen molar-refractivity contribution in [1.82, 2.24) is 0 Å². The van der Waals surface area contributed by atoms with Crippen molar-refractivity contribution in [3.05, 3.63) is 59.7 Å². The Hall–Kier alpha value is -2.49. The van der Waals surface area contributed by atoms with Crippen LogP contribution in [0.3, 0.4) is 0 Å². The highest BCUT2D eigenvalue weighted by Crippen LogP contribution is 2.20. The quantitative estimate of drug-likeness (QED) is 0.772. The van der Waals surface area contributed by atoms with E-state index in [9.17, 15) is 9.90 Å². The number of para-hydroxylation sites is 1. The third-order valence-electron chi connectivity index (χ3n) is 2.58. The number of hydrogen-bond donors (Lipinski definition) is 3. The summed E-state index contributed by atoms with van der Waals surface area (Å²) in [7, 11) is 0. The molecule has 2 rings (SSSR count). The number of anilines is 1. The number of aromatic carboxylic acids is 1. The molecule has 0 fully saturated rings. The fourth-order valence-electron chi connectivity index (χ4n) is 1.61.